The van der Waals surface area contributed by atoms with Crippen LogP contribution in [-0.2, 0) is 13.0 Å². The fraction of sp³-hybridized carbons (Fsp3) is 0.448. The lowest BCUT2D eigenvalue weighted by molar-refractivity contribution is 0.229. The first-order valence-electron chi connectivity index (χ1n) is 13.0. The topological polar surface area (TPSA) is 73.2 Å². The maximum Gasteiger partial charge on any atom is 0.119 e. The first kappa shape index (κ1) is 23.6. The first-order valence-corrected chi connectivity index (χ1v) is 14.0. The molecule has 2 bridgehead atoms. The summed E-state index contributed by atoms with van der Waals surface area (Å²) in [6.45, 7) is 4.12. The number of methoxy groups -OCH3 is 1. The molecule has 1 saturated carbocycles. The molecule has 0 radical (unpaired) electrons. The van der Waals surface area contributed by atoms with Gasteiger partial charge < -0.3 is 15.4 Å². The molecule has 186 valence electrons. The molecule has 36 heavy (non-hydrogen) atoms. The van der Waals surface area contributed by atoms with Crippen molar-refractivity contribution in [3.05, 3.63) is 59.3 Å². The number of thioether (sulfide) groups is 1. The summed E-state index contributed by atoms with van der Waals surface area (Å²) in [6.07, 6.45) is 6.34. The van der Waals surface area contributed by atoms with Crippen LogP contribution in [0.2, 0.25) is 0 Å². The van der Waals surface area contributed by atoms with E-state index in [-0.39, 0.29) is 0 Å². The van der Waals surface area contributed by atoms with Crippen molar-refractivity contribution in [2.24, 2.45) is 5.92 Å². The van der Waals surface area contributed by atoms with Crippen molar-refractivity contribution in [2.75, 3.05) is 37.8 Å². The van der Waals surface area contributed by atoms with Gasteiger partial charge in [-0.1, -0.05) is 6.07 Å². The number of fused-ring (bicyclic) bond motifs is 4. The first-order chi connectivity index (χ1) is 17.7. The molecular weight excluding hydrogens is 466 g/mol. The Bertz CT molecular complexity index is 1300. The van der Waals surface area contributed by atoms with E-state index in [1.807, 2.05) is 30.0 Å². The molecule has 6 nitrogen and oxygen atoms in total. The van der Waals surface area contributed by atoms with Gasteiger partial charge in [-0.05, 0) is 73.1 Å². The summed E-state index contributed by atoms with van der Waals surface area (Å²) in [6, 6.07) is 16.4. The second-order valence-corrected chi connectivity index (χ2v) is 11.4. The lowest BCUT2D eigenvalue weighted by Gasteiger charge is -2.30. The SMILES string of the molecule is COc1ccc2ncc(C#N)c(CCN3CC4CC(NCc5ccc6c(c5)NCCS6)CC3C4)c2c1. The second kappa shape index (κ2) is 10.3. The Morgan fingerprint density at radius 1 is 1.22 bits per heavy atom. The molecule has 3 aliphatic rings. The molecule has 2 aliphatic heterocycles. The van der Waals surface area contributed by atoms with E-state index in [1.165, 1.54) is 35.4 Å². The molecule has 1 aliphatic carbocycles. The molecule has 0 spiro atoms. The number of hydrogen-bond donors (Lipinski definition) is 2. The zero-order valence-electron chi connectivity index (χ0n) is 20.8. The number of pyridine rings is 1. The standard InChI is InChI=1S/C29H33N5OS/c1-35-24-3-4-27-26(14-24)25(21(15-30)17-33-27)6-8-34-18-20-10-22(13-23(34)11-20)32-16-19-2-5-29-28(12-19)31-7-9-36-29/h2-5,12,14,17,20,22-23,31-32H,6-11,13,16,18H2,1H3. The van der Waals surface area contributed by atoms with E-state index in [9.17, 15) is 5.26 Å². The maximum atomic E-state index is 9.75. The zero-order valence-corrected chi connectivity index (χ0v) is 21.6. The van der Waals surface area contributed by atoms with Gasteiger partial charge in [-0.2, -0.15) is 5.26 Å². The van der Waals surface area contributed by atoms with Gasteiger partial charge in [0.05, 0.1) is 18.2 Å². The zero-order chi connectivity index (χ0) is 24.5. The number of anilines is 1. The lowest BCUT2D eigenvalue weighted by Crippen LogP contribution is -2.39. The van der Waals surface area contributed by atoms with Crippen LogP contribution in [0, 0.1) is 17.2 Å². The normalized spacial score (nSPS) is 23.2. The molecule has 3 unspecified atom stereocenters. The Labute approximate surface area is 217 Å². The highest BCUT2D eigenvalue weighted by atomic mass is 32.2. The van der Waals surface area contributed by atoms with Crippen molar-refractivity contribution in [3.63, 3.8) is 0 Å². The number of ether oxygens (including phenoxy) is 1. The monoisotopic (exact) mass is 499 g/mol. The van der Waals surface area contributed by atoms with E-state index in [0.29, 0.717) is 17.6 Å². The molecule has 3 heterocycles. The van der Waals surface area contributed by atoms with Crippen LogP contribution >= 0.6 is 11.8 Å². The Morgan fingerprint density at radius 2 is 2.17 bits per heavy atom. The molecule has 2 N–H and O–H groups in total. The number of aromatic nitrogens is 1. The van der Waals surface area contributed by atoms with E-state index in [2.05, 4.69) is 44.8 Å². The van der Waals surface area contributed by atoms with Crippen molar-refractivity contribution in [2.45, 2.75) is 49.2 Å². The van der Waals surface area contributed by atoms with Crippen LogP contribution < -0.4 is 15.4 Å². The van der Waals surface area contributed by atoms with E-state index >= 15 is 0 Å². The Balaban J connectivity index is 1.10. The summed E-state index contributed by atoms with van der Waals surface area (Å²) >= 11 is 1.94. The van der Waals surface area contributed by atoms with Crippen molar-refractivity contribution in [1.29, 1.82) is 5.26 Å². The average molecular weight is 500 g/mol. The Kier molecular flexibility index (Phi) is 6.75. The van der Waals surface area contributed by atoms with Gasteiger partial charge >= 0.3 is 0 Å². The molecular formula is C29H33N5OS. The summed E-state index contributed by atoms with van der Waals surface area (Å²) in [5, 5.41) is 18.2. The van der Waals surface area contributed by atoms with Crippen molar-refractivity contribution < 1.29 is 4.74 Å². The second-order valence-electron chi connectivity index (χ2n) is 10.3. The summed E-state index contributed by atoms with van der Waals surface area (Å²) in [5.74, 6) is 2.71. The third-order valence-corrected chi connectivity index (χ3v) is 9.13. The van der Waals surface area contributed by atoms with Gasteiger partial charge in [-0.3, -0.25) is 9.88 Å². The van der Waals surface area contributed by atoms with E-state index < -0.39 is 0 Å². The predicted octanol–water partition coefficient (Wildman–Crippen LogP) is 4.82. The smallest absolute Gasteiger partial charge is 0.119 e. The molecule has 1 saturated heterocycles. The fourth-order valence-corrected chi connectivity index (χ4v) is 7.18. The largest absolute Gasteiger partial charge is 0.497 e. The van der Waals surface area contributed by atoms with Crippen LogP contribution in [0.1, 0.15) is 36.0 Å². The number of hydrogen-bond acceptors (Lipinski definition) is 7. The summed E-state index contributed by atoms with van der Waals surface area (Å²) in [5.41, 5.74) is 5.35. The van der Waals surface area contributed by atoms with Crippen LogP contribution in [0.3, 0.4) is 0 Å². The summed E-state index contributed by atoms with van der Waals surface area (Å²) in [7, 11) is 1.68. The van der Waals surface area contributed by atoms with Crippen LogP contribution in [0.4, 0.5) is 5.69 Å². The molecule has 7 heteroatoms. The van der Waals surface area contributed by atoms with Gasteiger partial charge in [0.25, 0.3) is 0 Å². The minimum absolute atomic E-state index is 0.567. The highest BCUT2D eigenvalue weighted by molar-refractivity contribution is 7.99. The quantitative estimate of drug-likeness (QED) is 0.483. The fourth-order valence-electron chi connectivity index (χ4n) is 6.31. The summed E-state index contributed by atoms with van der Waals surface area (Å²) in [4.78, 5) is 8.53. The Hall–Kier alpha value is -2.79. The third kappa shape index (κ3) is 4.78. The molecule has 3 aromatic rings. The highest BCUT2D eigenvalue weighted by Crippen LogP contribution is 2.37. The maximum absolute atomic E-state index is 9.75. The van der Waals surface area contributed by atoms with Gasteiger partial charge in [0.2, 0.25) is 0 Å². The van der Waals surface area contributed by atoms with Gasteiger partial charge in [0.1, 0.15) is 11.8 Å². The molecule has 2 aromatic carbocycles. The number of nitrogens with one attached hydrogen (secondary N) is 2. The number of likely N-dealkylation sites (tertiary alicyclic amines) is 1. The number of nitrogens with zero attached hydrogens (tertiary/aromatic N) is 3. The third-order valence-electron chi connectivity index (χ3n) is 8.06. The van der Waals surface area contributed by atoms with Crippen molar-refractivity contribution in [3.8, 4) is 11.8 Å². The van der Waals surface area contributed by atoms with Gasteiger partial charge in [-0.15, -0.1) is 11.8 Å². The lowest BCUT2D eigenvalue weighted by atomic mass is 9.86. The van der Waals surface area contributed by atoms with Crippen LogP contribution in [-0.4, -0.2) is 54.5 Å². The Morgan fingerprint density at radius 3 is 3.06 bits per heavy atom. The van der Waals surface area contributed by atoms with Crippen molar-refractivity contribution >= 4 is 28.4 Å². The van der Waals surface area contributed by atoms with Crippen LogP contribution in [0.5, 0.6) is 5.75 Å². The highest BCUT2D eigenvalue weighted by Gasteiger charge is 2.39. The van der Waals surface area contributed by atoms with Crippen molar-refractivity contribution in [1.82, 2.24) is 15.2 Å². The van der Waals surface area contributed by atoms with E-state index in [1.54, 1.807) is 13.3 Å². The molecule has 2 fully saturated rings. The predicted molar refractivity (Wildman–Crippen MR) is 146 cm³/mol. The summed E-state index contributed by atoms with van der Waals surface area (Å²) < 4.78 is 5.45. The number of benzene rings is 2. The number of rotatable bonds is 7. The minimum atomic E-state index is 0.567. The molecule has 3 atom stereocenters. The van der Waals surface area contributed by atoms with Gasteiger partial charge in [0, 0.05) is 66.2 Å². The van der Waals surface area contributed by atoms with Crippen LogP contribution in [0.15, 0.2) is 47.5 Å². The van der Waals surface area contributed by atoms with Gasteiger partial charge in [0.15, 0.2) is 0 Å². The van der Waals surface area contributed by atoms with E-state index in [4.69, 9.17) is 4.74 Å². The number of nitriles is 1. The van der Waals surface area contributed by atoms with E-state index in [0.717, 1.165) is 66.5 Å². The minimum Gasteiger partial charge on any atom is -0.497 e. The average Bonchev–Trinajstić information content (AvgIpc) is 3.22. The van der Waals surface area contributed by atoms with Gasteiger partial charge in [-0.25, -0.2) is 0 Å². The molecule has 1 aromatic heterocycles. The molecule has 6 rings (SSSR count). The molecule has 0 amide bonds. The van der Waals surface area contributed by atoms with Crippen LogP contribution in [0.25, 0.3) is 10.9 Å².